The lowest BCUT2D eigenvalue weighted by molar-refractivity contribution is -0.156. The minimum absolute atomic E-state index is 0.0936. The van der Waals surface area contributed by atoms with Crippen LogP contribution in [0.3, 0.4) is 0 Å². The van der Waals surface area contributed by atoms with Crippen molar-refractivity contribution in [2.45, 2.75) is 24.9 Å². The molecule has 0 spiro atoms. The molecule has 2 aliphatic heterocycles. The molecular weight excluding hydrogens is 240 g/mol. The van der Waals surface area contributed by atoms with Gasteiger partial charge in [-0.05, 0) is 6.07 Å². The lowest BCUT2D eigenvalue weighted by Crippen LogP contribution is -2.37. The van der Waals surface area contributed by atoms with Gasteiger partial charge in [0.05, 0.1) is 19.8 Å². The van der Waals surface area contributed by atoms with Gasteiger partial charge in [0.15, 0.2) is 11.5 Å². The van der Waals surface area contributed by atoms with E-state index in [1.54, 1.807) is 16.9 Å². The SMILES string of the molecule is COC(=O)c1ccn([C@@H]2CC(=O)[C@@H]3OC[C@H]2O3)n1. The lowest BCUT2D eigenvalue weighted by atomic mass is 10.0. The Hall–Kier alpha value is -1.73. The number of ether oxygens (including phenoxy) is 3. The topological polar surface area (TPSA) is 79.7 Å². The first-order chi connectivity index (χ1) is 8.69. The molecule has 3 rings (SSSR count). The molecular formula is C11H12N2O5. The van der Waals surface area contributed by atoms with Crippen LogP contribution in [0.4, 0.5) is 0 Å². The maximum Gasteiger partial charge on any atom is 0.358 e. The highest BCUT2D eigenvalue weighted by Crippen LogP contribution is 2.32. The van der Waals surface area contributed by atoms with Crippen molar-refractivity contribution in [3.8, 4) is 0 Å². The number of carbonyl (C=O) groups excluding carboxylic acids is 2. The predicted molar refractivity (Wildman–Crippen MR) is 56.8 cm³/mol. The standard InChI is InChI=1S/C11H12N2O5/c1-16-10(15)6-2-3-13(12-6)7-4-8(14)11-17-5-9(7)18-11/h2-3,7,9,11H,4-5H2,1H3/t7-,9-,11-/m1/s1. The Kier molecular flexibility index (Phi) is 2.64. The summed E-state index contributed by atoms with van der Waals surface area (Å²) in [6.07, 6.45) is 1.03. The number of fused-ring (bicyclic) bond motifs is 2. The van der Waals surface area contributed by atoms with E-state index in [0.717, 1.165) is 0 Å². The second kappa shape index (κ2) is 4.18. The number of Topliss-reactive ketones (excluding diaryl/α,β-unsaturated/α-hetero) is 1. The van der Waals surface area contributed by atoms with Gasteiger partial charge in [0.2, 0.25) is 6.29 Å². The smallest absolute Gasteiger partial charge is 0.358 e. The van der Waals surface area contributed by atoms with E-state index in [9.17, 15) is 9.59 Å². The van der Waals surface area contributed by atoms with Crippen molar-refractivity contribution in [1.29, 1.82) is 0 Å². The highest BCUT2D eigenvalue weighted by molar-refractivity contribution is 5.87. The summed E-state index contributed by atoms with van der Waals surface area (Å²) >= 11 is 0. The number of rotatable bonds is 2. The van der Waals surface area contributed by atoms with Gasteiger partial charge in [-0.2, -0.15) is 5.10 Å². The van der Waals surface area contributed by atoms with Crippen LogP contribution in [0, 0.1) is 0 Å². The average molecular weight is 252 g/mol. The van der Waals surface area contributed by atoms with Gasteiger partial charge in [-0.25, -0.2) is 4.79 Å². The molecule has 0 N–H and O–H groups in total. The van der Waals surface area contributed by atoms with Crippen LogP contribution in [0.2, 0.25) is 0 Å². The summed E-state index contributed by atoms with van der Waals surface area (Å²) < 4.78 is 16.8. The Morgan fingerprint density at radius 3 is 3.22 bits per heavy atom. The summed E-state index contributed by atoms with van der Waals surface area (Å²) in [5.74, 6) is -0.596. The molecule has 0 amide bonds. The van der Waals surface area contributed by atoms with Crippen LogP contribution in [0.1, 0.15) is 23.0 Å². The van der Waals surface area contributed by atoms with Crippen LogP contribution >= 0.6 is 0 Å². The zero-order valence-electron chi connectivity index (χ0n) is 9.74. The van der Waals surface area contributed by atoms with Gasteiger partial charge < -0.3 is 14.2 Å². The molecule has 3 heterocycles. The lowest BCUT2D eigenvalue weighted by Gasteiger charge is -2.26. The molecule has 7 nitrogen and oxygen atoms in total. The molecule has 0 unspecified atom stereocenters. The van der Waals surface area contributed by atoms with Gasteiger partial charge in [0.1, 0.15) is 6.10 Å². The minimum atomic E-state index is -0.720. The molecule has 0 aromatic carbocycles. The Balaban J connectivity index is 1.84. The number of ketones is 1. The predicted octanol–water partition coefficient (Wildman–Crippen LogP) is -0.0749. The second-order valence-corrected chi connectivity index (χ2v) is 4.25. The third-order valence-corrected chi connectivity index (χ3v) is 3.16. The van der Waals surface area contributed by atoms with E-state index in [0.29, 0.717) is 13.0 Å². The highest BCUT2D eigenvalue weighted by Gasteiger charge is 2.44. The molecule has 96 valence electrons. The summed E-state index contributed by atoms with van der Waals surface area (Å²) in [5, 5.41) is 4.11. The number of nitrogens with zero attached hydrogens (tertiary/aromatic N) is 2. The summed E-state index contributed by atoms with van der Waals surface area (Å²) in [7, 11) is 1.30. The van der Waals surface area contributed by atoms with Crippen molar-refractivity contribution < 1.29 is 23.8 Å². The second-order valence-electron chi connectivity index (χ2n) is 4.25. The van der Waals surface area contributed by atoms with Gasteiger partial charge in [-0.15, -0.1) is 0 Å². The van der Waals surface area contributed by atoms with Crippen LogP contribution in [0.25, 0.3) is 0 Å². The van der Waals surface area contributed by atoms with Crippen molar-refractivity contribution in [3.05, 3.63) is 18.0 Å². The van der Waals surface area contributed by atoms with E-state index in [4.69, 9.17) is 9.47 Å². The van der Waals surface area contributed by atoms with E-state index in [2.05, 4.69) is 9.84 Å². The Bertz CT molecular complexity index is 497. The molecule has 2 saturated heterocycles. The van der Waals surface area contributed by atoms with Crippen molar-refractivity contribution in [3.63, 3.8) is 0 Å². The van der Waals surface area contributed by atoms with E-state index in [1.165, 1.54) is 7.11 Å². The first-order valence-electron chi connectivity index (χ1n) is 5.62. The van der Waals surface area contributed by atoms with E-state index >= 15 is 0 Å². The normalized spacial score (nSPS) is 30.5. The fourth-order valence-corrected chi connectivity index (χ4v) is 2.22. The van der Waals surface area contributed by atoms with Crippen molar-refractivity contribution >= 4 is 11.8 Å². The van der Waals surface area contributed by atoms with E-state index in [1.807, 2.05) is 0 Å². The van der Waals surface area contributed by atoms with Crippen LogP contribution < -0.4 is 0 Å². The molecule has 2 bridgehead atoms. The molecule has 0 saturated carbocycles. The highest BCUT2D eigenvalue weighted by atomic mass is 16.7. The third kappa shape index (κ3) is 1.72. The van der Waals surface area contributed by atoms with Gasteiger partial charge in [0.25, 0.3) is 0 Å². The Morgan fingerprint density at radius 2 is 2.44 bits per heavy atom. The van der Waals surface area contributed by atoms with Crippen molar-refractivity contribution in [1.82, 2.24) is 9.78 Å². The maximum atomic E-state index is 11.6. The number of esters is 1. The number of methoxy groups -OCH3 is 1. The summed E-state index contributed by atoms with van der Waals surface area (Å²) in [6.45, 7) is 0.370. The molecule has 3 atom stereocenters. The third-order valence-electron chi connectivity index (χ3n) is 3.16. The van der Waals surface area contributed by atoms with E-state index in [-0.39, 0.29) is 23.6 Å². The van der Waals surface area contributed by atoms with Crippen LogP contribution in [-0.2, 0) is 19.0 Å². The molecule has 2 aliphatic rings. The van der Waals surface area contributed by atoms with Gasteiger partial charge in [-0.1, -0.05) is 0 Å². The maximum absolute atomic E-state index is 11.6. The number of carbonyl (C=O) groups is 2. The Labute approximate surface area is 103 Å². The first-order valence-corrected chi connectivity index (χ1v) is 5.62. The molecule has 1 aromatic rings. The largest absolute Gasteiger partial charge is 0.464 e. The molecule has 0 radical (unpaired) electrons. The van der Waals surface area contributed by atoms with Crippen molar-refractivity contribution in [2.24, 2.45) is 0 Å². The summed E-state index contributed by atoms with van der Waals surface area (Å²) in [5.41, 5.74) is 0.214. The average Bonchev–Trinajstić information content (AvgIpc) is 3.01. The number of aromatic nitrogens is 2. The van der Waals surface area contributed by atoms with Gasteiger partial charge in [0, 0.05) is 12.6 Å². The quantitative estimate of drug-likeness (QED) is 0.685. The van der Waals surface area contributed by atoms with Gasteiger partial charge in [-0.3, -0.25) is 9.48 Å². The Morgan fingerprint density at radius 1 is 1.61 bits per heavy atom. The van der Waals surface area contributed by atoms with Gasteiger partial charge >= 0.3 is 5.97 Å². The van der Waals surface area contributed by atoms with Crippen LogP contribution in [0.5, 0.6) is 0 Å². The fourth-order valence-electron chi connectivity index (χ4n) is 2.22. The minimum Gasteiger partial charge on any atom is -0.464 e. The molecule has 7 heteroatoms. The monoisotopic (exact) mass is 252 g/mol. The fraction of sp³-hybridized carbons (Fsp3) is 0.545. The molecule has 2 fully saturated rings. The zero-order chi connectivity index (χ0) is 12.7. The molecule has 1 aromatic heterocycles. The first kappa shape index (κ1) is 11.4. The van der Waals surface area contributed by atoms with Crippen LogP contribution in [0.15, 0.2) is 12.3 Å². The summed E-state index contributed by atoms with van der Waals surface area (Å²) in [4.78, 5) is 23.0. The summed E-state index contributed by atoms with van der Waals surface area (Å²) in [6, 6.07) is 1.33. The number of hydrogen-bond acceptors (Lipinski definition) is 6. The van der Waals surface area contributed by atoms with E-state index < -0.39 is 12.3 Å². The molecule has 18 heavy (non-hydrogen) atoms. The number of hydrogen-bond donors (Lipinski definition) is 0. The van der Waals surface area contributed by atoms with Crippen LogP contribution in [-0.4, -0.2) is 47.6 Å². The molecule has 0 aliphatic carbocycles. The van der Waals surface area contributed by atoms with Crippen molar-refractivity contribution in [2.75, 3.05) is 13.7 Å². The zero-order valence-corrected chi connectivity index (χ0v) is 9.74.